The van der Waals surface area contributed by atoms with Gasteiger partial charge in [0.25, 0.3) is 0 Å². The number of benzene rings is 1. The van der Waals surface area contributed by atoms with Crippen molar-refractivity contribution in [3.05, 3.63) is 35.6 Å². The number of aliphatic hydroxyl groups excluding tert-OH is 1. The first kappa shape index (κ1) is 22.2. The summed E-state index contributed by atoms with van der Waals surface area (Å²) in [6, 6.07) is 7.24. The second kappa shape index (κ2) is 11.7. The van der Waals surface area contributed by atoms with Crippen LogP contribution < -0.4 is 10.6 Å². The van der Waals surface area contributed by atoms with E-state index >= 15 is 0 Å². The molecule has 0 spiro atoms. The van der Waals surface area contributed by atoms with E-state index in [1.165, 1.54) is 6.07 Å². The number of nitrogens with zero attached hydrogens (tertiary/aromatic N) is 1. The number of nitrogens with one attached hydrogen (secondary N) is 2. The van der Waals surface area contributed by atoms with Gasteiger partial charge in [-0.3, -0.25) is 4.99 Å². The highest BCUT2D eigenvalue weighted by atomic mass is 127. The lowest BCUT2D eigenvalue weighted by Gasteiger charge is -2.15. The maximum atomic E-state index is 13.9. The van der Waals surface area contributed by atoms with E-state index in [2.05, 4.69) is 22.5 Å². The molecular weight excluding hydrogens is 432 g/mol. The summed E-state index contributed by atoms with van der Waals surface area (Å²) in [6.45, 7) is 5.90. The van der Waals surface area contributed by atoms with Crippen LogP contribution in [0.15, 0.2) is 29.3 Å². The first-order valence-corrected chi connectivity index (χ1v) is 9.09. The zero-order valence-corrected chi connectivity index (χ0v) is 17.5. The third-order valence-electron chi connectivity index (χ3n) is 4.50. The highest BCUT2D eigenvalue weighted by Gasteiger charge is 2.40. The van der Waals surface area contributed by atoms with E-state index < -0.39 is 0 Å². The van der Waals surface area contributed by atoms with E-state index in [4.69, 9.17) is 5.11 Å². The summed E-state index contributed by atoms with van der Waals surface area (Å²) < 4.78 is 13.9. The molecule has 0 saturated heterocycles. The lowest BCUT2D eigenvalue weighted by atomic mass is 10.0. The van der Waals surface area contributed by atoms with E-state index in [-0.39, 0.29) is 48.4 Å². The molecule has 1 aliphatic carbocycles. The Morgan fingerprint density at radius 1 is 1.32 bits per heavy atom. The minimum Gasteiger partial charge on any atom is -0.396 e. The maximum Gasteiger partial charge on any atom is 0.191 e. The Kier molecular flexibility index (Phi) is 10.3. The third-order valence-corrected chi connectivity index (χ3v) is 4.50. The number of guanidine groups is 1. The van der Waals surface area contributed by atoms with E-state index in [1.54, 1.807) is 6.07 Å². The lowest BCUT2D eigenvalue weighted by Crippen LogP contribution is -2.39. The predicted octanol–water partition coefficient (Wildman–Crippen LogP) is 3.65. The van der Waals surface area contributed by atoms with E-state index in [0.717, 1.165) is 43.8 Å². The fourth-order valence-electron chi connectivity index (χ4n) is 3.11. The van der Waals surface area contributed by atoms with Crippen molar-refractivity contribution in [2.75, 3.05) is 19.7 Å². The summed E-state index contributed by atoms with van der Waals surface area (Å²) in [7, 11) is 0. The molecule has 3 unspecified atom stereocenters. The van der Waals surface area contributed by atoms with Crippen molar-refractivity contribution in [2.45, 2.75) is 51.5 Å². The Labute approximate surface area is 167 Å². The largest absolute Gasteiger partial charge is 0.396 e. The third kappa shape index (κ3) is 7.09. The van der Waals surface area contributed by atoms with Gasteiger partial charge in [0.1, 0.15) is 5.82 Å². The maximum absolute atomic E-state index is 13.9. The molecule has 0 aromatic heterocycles. The van der Waals surface area contributed by atoms with Crippen LogP contribution in [0, 0.1) is 11.7 Å². The number of halogens is 2. The number of aliphatic hydroxyl groups is 1. The molecule has 2 rings (SSSR count). The van der Waals surface area contributed by atoms with Crippen molar-refractivity contribution in [2.24, 2.45) is 10.9 Å². The summed E-state index contributed by atoms with van der Waals surface area (Å²) in [6.07, 6.45) is 3.89. The molecule has 4 nitrogen and oxygen atoms in total. The normalized spacial score (nSPS) is 20.6. The van der Waals surface area contributed by atoms with Gasteiger partial charge in [0.15, 0.2) is 5.96 Å². The molecule has 1 saturated carbocycles. The van der Waals surface area contributed by atoms with Crippen LogP contribution in [0.25, 0.3) is 0 Å². The molecule has 1 aliphatic rings. The second-order valence-electron chi connectivity index (χ2n) is 6.50. The van der Waals surface area contributed by atoms with Gasteiger partial charge in [0.2, 0.25) is 0 Å². The number of rotatable bonds is 9. The quantitative estimate of drug-likeness (QED) is 0.298. The average molecular weight is 463 g/mol. The van der Waals surface area contributed by atoms with Crippen LogP contribution in [-0.4, -0.2) is 36.8 Å². The fraction of sp³-hybridized carbons (Fsp3) is 0.632. The van der Waals surface area contributed by atoms with Gasteiger partial charge in [0, 0.05) is 31.7 Å². The first-order valence-electron chi connectivity index (χ1n) is 9.09. The highest BCUT2D eigenvalue weighted by molar-refractivity contribution is 14.0. The summed E-state index contributed by atoms with van der Waals surface area (Å²) >= 11 is 0. The topological polar surface area (TPSA) is 56.7 Å². The Hall–Kier alpha value is -0.890. The molecule has 0 radical (unpaired) electrons. The van der Waals surface area contributed by atoms with Gasteiger partial charge in [0.05, 0.1) is 0 Å². The standard InChI is InChI=1S/C19H30FN3O.HI/c1-3-7-14(10-11-24)13-22-19(21-4-2)23-18-12-16(18)15-8-5-6-9-17(15)20;/h5-6,8-9,14,16,18,24H,3-4,7,10-13H2,1-2H3,(H2,21,22,23);1H. The van der Waals surface area contributed by atoms with Crippen LogP contribution in [0.3, 0.4) is 0 Å². The van der Waals surface area contributed by atoms with Crippen molar-refractivity contribution in [3.63, 3.8) is 0 Å². The van der Waals surface area contributed by atoms with Crippen molar-refractivity contribution in [1.82, 2.24) is 10.6 Å². The first-order chi connectivity index (χ1) is 11.7. The minimum atomic E-state index is -0.125. The van der Waals surface area contributed by atoms with E-state index in [0.29, 0.717) is 12.5 Å². The number of aliphatic imine (C=N–C) groups is 1. The van der Waals surface area contributed by atoms with Crippen LogP contribution in [0.4, 0.5) is 4.39 Å². The molecule has 1 aromatic rings. The molecule has 1 aromatic carbocycles. The smallest absolute Gasteiger partial charge is 0.191 e. The highest BCUT2D eigenvalue weighted by Crippen LogP contribution is 2.41. The molecule has 3 atom stereocenters. The molecule has 142 valence electrons. The van der Waals surface area contributed by atoms with Crippen molar-refractivity contribution < 1.29 is 9.50 Å². The summed E-state index contributed by atoms with van der Waals surface area (Å²) in [4.78, 5) is 4.67. The van der Waals surface area contributed by atoms with Crippen LogP contribution in [0.1, 0.15) is 51.0 Å². The molecule has 0 heterocycles. The Balaban J connectivity index is 0.00000312. The SMILES string of the molecule is CCCC(CCO)CN=C(NCC)NC1CC1c1ccccc1F.I. The monoisotopic (exact) mass is 463 g/mol. The zero-order chi connectivity index (χ0) is 17.4. The summed E-state index contributed by atoms with van der Waals surface area (Å²) in [5, 5.41) is 15.8. The van der Waals surface area contributed by atoms with Crippen LogP contribution >= 0.6 is 24.0 Å². The van der Waals surface area contributed by atoms with Gasteiger partial charge in [-0.05, 0) is 43.7 Å². The van der Waals surface area contributed by atoms with Gasteiger partial charge in [-0.1, -0.05) is 31.5 Å². The van der Waals surface area contributed by atoms with Crippen LogP contribution in [-0.2, 0) is 0 Å². The van der Waals surface area contributed by atoms with E-state index in [1.807, 2.05) is 19.1 Å². The Morgan fingerprint density at radius 3 is 2.72 bits per heavy atom. The van der Waals surface area contributed by atoms with Crippen LogP contribution in [0.5, 0.6) is 0 Å². The Bertz CT molecular complexity index is 535. The molecule has 0 aliphatic heterocycles. The summed E-state index contributed by atoms with van der Waals surface area (Å²) in [5.41, 5.74) is 0.787. The molecule has 25 heavy (non-hydrogen) atoms. The van der Waals surface area contributed by atoms with Crippen LogP contribution in [0.2, 0.25) is 0 Å². The van der Waals surface area contributed by atoms with Crippen molar-refractivity contribution in [1.29, 1.82) is 0 Å². The predicted molar refractivity (Wildman–Crippen MR) is 112 cm³/mol. The van der Waals surface area contributed by atoms with Gasteiger partial charge in [-0.2, -0.15) is 0 Å². The average Bonchev–Trinajstić information content (AvgIpc) is 3.32. The van der Waals surface area contributed by atoms with Gasteiger partial charge < -0.3 is 15.7 Å². The zero-order valence-electron chi connectivity index (χ0n) is 15.2. The molecule has 0 amide bonds. The molecular formula is C19H31FIN3O. The van der Waals surface area contributed by atoms with Crippen molar-refractivity contribution in [3.8, 4) is 0 Å². The number of hydrogen-bond acceptors (Lipinski definition) is 2. The van der Waals surface area contributed by atoms with Crippen molar-refractivity contribution >= 4 is 29.9 Å². The van der Waals surface area contributed by atoms with E-state index in [9.17, 15) is 4.39 Å². The Morgan fingerprint density at radius 2 is 2.08 bits per heavy atom. The minimum absolute atomic E-state index is 0. The fourth-order valence-corrected chi connectivity index (χ4v) is 3.11. The molecule has 0 bridgehead atoms. The summed E-state index contributed by atoms with van der Waals surface area (Å²) in [5.74, 6) is 1.30. The second-order valence-corrected chi connectivity index (χ2v) is 6.50. The van der Waals surface area contributed by atoms with Gasteiger partial charge >= 0.3 is 0 Å². The molecule has 3 N–H and O–H groups in total. The molecule has 6 heteroatoms. The van der Waals surface area contributed by atoms with Gasteiger partial charge in [-0.15, -0.1) is 24.0 Å². The van der Waals surface area contributed by atoms with Gasteiger partial charge in [-0.25, -0.2) is 4.39 Å². The molecule has 1 fully saturated rings. The lowest BCUT2D eigenvalue weighted by molar-refractivity contribution is 0.253. The number of hydrogen-bond donors (Lipinski definition) is 3.